The molecule has 0 aromatic carbocycles. The van der Waals surface area contributed by atoms with E-state index in [9.17, 15) is 14.7 Å². The maximum atomic E-state index is 12.6. The fourth-order valence-electron chi connectivity index (χ4n) is 3.32. The molecule has 0 amide bonds. The number of carbonyl (C=O) groups excluding carboxylic acids is 2. The van der Waals surface area contributed by atoms with Crippen molar-refractivity contribution in [2.24, 2.45) is 17.8 Å². The van der Waals surface area contributed by atoms with Crippen LogP contribution in [0.4, 0.5) is 0 Å². The Balaban J connectivity index is 3.21. The fraction of sp³-hybridized carbons (Fsp3) is 0.789. The van der Waals surface area contributed by atoms with Gasteiger partial charge in [-0.2, -0.15) is 0 Å². The average molecular weight is 340 g/mol. The van der Waals surface area contributed by atoms with E-state index in [0.717, 1.165) is 0 Å². The van der Waals surface area contributed by atoms with E-state index >= 15 is 0 Å². The molecule has 0 aromatic heterocycles. The van der Waals surface area contributed by atoms with Gasteiger partial charge < -0.3 is 14.6 Å². The minimum Gasteiger partial charge on any atom is -0.459 e. The summed E-state index contributed by atoms with van der Waals surface area (Å²) in [5.74, 6) is -1.03. The van der Waals surface area contributed by atoms with Crippen LogP contribution in [0.25, 0.3) is 0 Å². The summed E-state index contributed by atoms with van der Waals surface area (Å²) in [7, 11) is 0. The predicted molar refractivity (Wildman–Crippen MR) is 92.5 cm³/mol. The van der Waals surface area contributed by atoms with Gasteiger partial charge >= 0.3 is 5.97 Å². The number of ketones is 1. The van der Waals surface area contributed by atoms with Crippen molar-refractivity contribution in [3.05, 3.63) is 12.2 Å². The summed E-state index contributed by atoms with van der Waals surface area (Å²) in [5, 5.41) is 10.6. The van der Waals surface area contributed by atoms with Crippen LogP contribution in [0.2, 0.25) is 0 Å². The van der Waals surface area contributed by atoms with Crippen molar-refractivity contribution in [2.75, 3.05) is 6.61 Å². The molecule has 0 spiro atoms. The Kier molecular flexibility index (Phi) is 7.61. The standard InChI is InChI=1S/C19H32O5/c1-7-16-19(6,22)10-9-15(20)12(3)11-13(4)17(23-8-2)14(5)18(21)24-16/h9-10,12-14,16-17,22H,7-8,11H2,1-6H3/b10-9+/t12-,13+,14-,16-,17+,19+/m1/s1. The average Bonchev–Trinajstić information content (AvgIpc) is 2.53. The van der Waals surface area contributed by atoms with Crippen LogP contribution in [0.5, 0.6) is 0 Å². The van der Waals surface area contributed by atoms with Gasteiger partial charge in [0.2, 0.25) is 0 Å². The van der Waals surface area contributed by atoms with Crippen molar-refractivity contribution in [1.29, 1.82) is 0 Å². The molecule has 1 aliphatic rings. The lowest BCUT2D eigenvalue weighted by molar-refractivity contribution is -0.171. The van der Waals surface area contributed by atoms with Crippen LogP contribution < -0.4 is 0 Å². The number of esters is 1. The van der Waals surface area contributed by atoms with Crippen molar-refractivity contribution < 1.29 is 24.2 Å². The zero-order valence-electron chi connectivity index (χ0n) is 15.7. The molecule has 1 rings (SSSR count). The van der Waals surface area contributed by atoms with E-state index < -0.39 is 17.6 Å². The number of carbonyl (C=O) groups is 2. The number of hydrogen-bond donors (Lipinski definition) is 1. The minimum atomic E-state index is -1.38. The Labute approximate surface area is 145 Å². The topological polar surface area (TPSA) is 72.8 Å². The lowest BCUT2D eigenvalue weighted by Crippen LogP contribution is -2.44. The molecule has 1 aliphatic heterocycles. The third-order valence-corrected chi connectivity index (χ3v) is 4.86. The number of ether oxygens (including phenoxy) is 2. The highest BCUT2D eigenvalue weighted by molar-refractivity contribution is 5.91. The van der Waals surface area contributed by atoms with Gasteiger partial charge in [0, 0.05) is 12.5 Å². The number of aliphatic hydroxyl groups is 1. The SMILES string of the molecule is CCO[C@H]1[C@@H](C)C[C@@H](C)C(=O)/C=C/[C@](C)(O)[C@@H](CC)OC(=O)[C@@H]1C. The molecule has 0 saturated heterocycles. The van der Waals surface area contributed by atoms with Crippen molar-refractivity contribution in [1.82, 2.24) is 0 Å². The first kappa shape index (κ1) is 20.8. The second-order valence-corrected chi connectivity index (χ2v) is 7.12. The van der Waals surface area contributed by atoms with Gasteiger partial charge in [-0.3, -0.25) is 9.59 Å². The molecule has 0 saturated carbocycles. The summed E-state index contributed by atoms with van der Waals surface area (Å²) in [6.45, 7) is 11.4. The number of hydrogen-bond acceptors (Lipinski definition) is 5. The molecule has 5 heteroatoms. The third-order valence-electron chi connectivity index (χ3n) is 4.86. The Bertz CT molecular complexity index is 468. The molecule has 138 valence electrons. The second kappa shape index (κ2) is 8.77. The maximum absolute atomic E-state index is 12.6. The van der Waals surface area contributed by atoms with Crippen LogP contribution in [0, 0.1) is 17.8 Å². The molecule has 1 heterocycles. The third kappa shape index (κ3) is 5.15. The zero-order valence-corrected chi connectivity index (χ0v) is 15.7. The van der Waals surface area contributed by atoms with Crippen LogP contribution in [0.3, 0.4) is 0 Å². The molecule has 0 aromatic rings. The van der Waals surface area contributed by atoms with Crippen LogP contribution in [0.1, 0.15) is 54.4 Å². The van der Waals surface area contributed by atoms with Crippen molar-refractivity contribution in [3.8, 4) is 0 Å². The molecule has 0 fully saturated rings. The first-order chi connectivity index (χ1) is 11.1. The van der Waals surface area contributed by atoms with Crippen molar-refractivity contribution in [2.45, 2.75) is 72.2 Å². The van der Waals surface area contributed by atoms with E-state index in [2.05, 4.69) is 0 Å². The zero-order chi connectivity index (χ0) is 18.5. The van der Waals surface area contributed by atoms with E-state index in [1.165, 1.54) is 12.2 Å². The molecule has 24 heavy (non-hydrogen) atoms. The summed E-state index contributed by atoms with van der Waals surface area (Å²) in [5.41, 5.74) is -1.38. The van der Waals surface area contributed by atoms with E-state index in [0.29, 0.717) is 19.4 Å². The van der Waals surface area contributed by atoms with Crippen LogP contribution in [-0.2, 0) is 19.1 Å². The summed E-state index contributed by atoms with van der Waals surface area (Å²) in [6.07, 6.45) is 2.91. The van der Waals surface area contributed by atoms with E-state index in [-0.39, 0.29) is 29.7 Å². The highest BCUT2D eigenvalue weighted by atomic mass is 16.6. The highest BCUT2D eigenvalue weighted by Crippen LogP contribution is 2.28. The van der Waals surface area contributed by atoms with Crippen LogP contribution in [-0.4, -0.2) is 41.3 Å². The molecule has 0 aliphatic carbocycles. The Morgan fingerprint density at radius 3 is 2.46 bits per heavy atom. The van der Waals surface area contributed by atoms with Gasteiger partial charge in [0.25, 0.3) is 0 Å². The summed E-state index contributed by atoms with van der Waals surface area (Å²) >= 11 is 0. The number of allylic oxidation sites excluding steroid dienone is 1. The van der Waals surface area contributed by atoms with Crippen molar-refractivity contribution in [3.63, 3.8) is 0 Å². The lowest BCUT2D eigenvalue weighted by atomic mass is 9.84. The summed E-state index contributed by atoms with van der Waals surface area (Å²) in [4.78, 5) is 24.9. The Hall–Kier alpha value is -1.20. The van der Waals surface area contributed by atoms with E-state index in [1.54, 1.807) is 13.8 Å². The fourth-order valence-corrected chi connectivity index (χ4v) is 3.32. The molecule has 6 atom stereocenters. The molecule has 0 bridgehead atoms. The van der Waals surface area contributed by atoms with Gasteiger partial charge in [-0.25, -0.2) is 0 Å². The molecule has 5 nitrogen and oxygen atoms in total. The first-order valence-electron chi connectivity index (χ1n) is 8.91. The monoisotopic (exact) mass is 340 g/mol. The Morgan fingerprint density at radius 2 is 1.92 bits per heavy atom. The van der Waals surface area contributed by atoms with Gasteiger partial charge in [0.15, 0.2) is 5.78 Å². The van der Waals surface area contributed by atoms with Crippen LogP contribution in [0.15, 0.2) is 12.2 Å². The largest absolute Gasteiger partial charge is 0.459 e. The van der Waals surface area contributed by atoms with Gasteiger partial charge in [-0.05, 0) is 51.7 Å². The quantitative estimate of drug-likeness (QED) is 0.800. The number of cyclic esters (lactones) is 1. The van der Waals surface area contributed by atoms with Crippen LogP contribution >= 0.6 is 0 Å². The summed E-state index contributed by atoms with van der Waals surface area (Å²) in [6, 6.07) is 0. The molecular weight excluding hydrogens is 308 g/mol. The smallest absolute Gasteiger partial charge is 0.311 e. The van der Waals surface area contributed by atoms with E-state index in [1.807, 2.05) is 27.7 Å². The van der Waals surface area contributed by atoms with Gasteiger partial charge in [0.1, 0.15) is 11.7 Å². The number of rotatable bonds is 3. The maximum Gasteiger partial charge on any atom is 0.311 e. The van der Waals surface area contributed by atoms with Gasteiger partial charge in [0.05, 0.1) is 12.0 Å². The molecule has 0 unspecified atom stereocenters. The Morgan fingerprint density at radius 1 is 1.29 bits per heavy atom. The van der Waals surface area contributed by atoms with Crippen molar-refractivity contribution >= 4 is 11.8 Å². The lowest BCUT2D eigenvalue weighted by Gasteiger charge is -2.34. The first-order valence-corrected chi connectivity index (χ1v) is 8.91. The van der Waals surface area contributed by atoms with E-state index in [4.69, 9.17) is 9.47 Å². The summed E-state index contributed by atoms with van der Waals surface area (Å²) < 4.78 is 11.3. The molecular formula is C19H32O5. The van der Waals surface area contributed by atoms with Gasteiger partial charge in [-0.1, -0.05) is 20.8 Å². The minimum absolute atomic E-state index is 0.0354. The highest BCUT2D eigenvalue weighted by Gasteiger charge is 2.37. The van der Waals surface area contributed by atoms with Gasteiger partial charge in [-0.15, -0.1) is 0 Å². The molecule has 1 N–H and O–H groups in total. The predicted octanol–water partition coefficient (Wildman–Crippen LogP) is 2.90. The molecule has 0 radical (unpaired) electrons. The second-order valence-electron chi connectivity index (χ2n) is 7.12. The normalized spacial score (nSPS) is 40.4.